The van der Waals surface area contributed by atoms with Gasteiger partial charge >= 0.3 is 0 Å². The molecule has 0 spiro atoms. The van der Waals surface area contributed by atoms with Crippen LogP contribution in [0.4, 0.5) is 0 Å². The van der Waals surface area contributed by atoms with Gasteiger partial charge in [0.05, 0.1) is 46.2 Å². The summed E-state index contributed by atoms with van der Waals surface area (Å²) in [5.74, 6) is 0.219. The van der Waals surface area contributed by atoms with E-state index in [0.717, 1.165) is 0 Å². The Bertz CT molecular complexity index is 397. The number of ether oxygens (including phenoxy) is 8. The smallest absolute Gasteiger partial charge is 0.134 e. The Balaban J connectivity index is 5.24. The molecule has 0 saturated heterocycles. The molecule has 0 N–H and O–H groups in total. The average molecular weight is 617 g/mol. The van der Waals surface area contributed by atoms with Crippen molar-refractivity contribution in [1.82, 2.24) is 0 Å². The van der Waals surface area contributed by atoms with E-state index < -0.39 is 8.07 Å². The molecule has 0 amide bonds. The van der Waals surface area contributed by atoms with Crippen molar-refractivity contribution in [2.24, 2.45) is 0 Å². The van der Waals surface area contributed by atoms with Crippen molar-refractivity contribution >= 4 is 46.2 Å². The maximum Gasteiger partial charge on any atom is 0.134 e. The van der Waals surface area contributed by atoms with Crippen LogP contribution in [0.15, 0.2) is 0 Å². The molecule has 0 aromatic carbocycles. The van der Waals surface area contributed by atoms with Crippen LogP contribution >= 0.6 is 0 Å². The SMILES string of the molecule is COC(OC)[SiH2]CCC[Si](CCC[SiH2]C(OC)OC)(CCC[SiH2]C(OC)OC)CCC[SiH2]C(OC)OC. The highest BCUT2D eigenvalue weighted by Gasteiger charge is 2.31. The standard InChI is InChI=1S/C24H60O8Si5/c1-25-21(26-2)33-13-9-17-37(18-10-14-34-22(27-3)28-4,19-11-15-35-23(29-5)30-6)20-12-16-36-24(31-7)32-8/h21-24H,9-20,33-36H2,1-8H3. The van der Waals surface area contributed by atoms with E-state index in [2.05, 4.69) is 0 Å². The molecule has 0 aliphatic carbocycles. The van der Waals surface area contributed by atoms with Gasteiger partial charge in [-0.1, -0.05) is 74.0 Å². The molecule has 37 heavy (non-hydrogen) atoms. The van der Waals surface area contributed by atoms with Crippen molar-refractivity contribution in [2.75, 3.05) is 56.9 Å². The second-order valence-corrected chi connectivity index (χ2v) is 22.9. The molecule has 0 atom stereocenters. The highest BCUT2D eigenvalue weighted by Crippen LogP contribution is 2.34. The molecule has 0 aliphatic rings. The molecule has 0 heterocycles. The predicted octanol–water partition coefficient (Wildman–Crippen LogP) is 1.65. The van der Waals surface area contributed by atoms with Crippen LogP contribution < -0.4 is 0 Å². The number of methoxy groups -OCH3 is 8. The van der Waals surface area contributed by atoms with E-state index in [4.69, 9.17) is 37.9 Å². The topological polar surface area (TPSA) is 73.8 Å². The monoisotopic (exact) mass is 616 g/mol. The molecule has 0 aromatic heterocycles. The molecule has 0 aliphatic heterocycles. The predicted molar refractivity (Wildman–Crippen MR) is 168 cm³/mol. The highest BCUT2D eigenvalue weighted by molar-refractivity contribution is 6.80. The van der Waals surface area contributed by atoms with Gasteiger partial charge in [-0.25, -0.2) is 0 Å². The van der Waals surface area contributed by atoms with Gasteiger partial charge in [-0.05, 0) is 0 Å². The first kappa shape index (κ1) is 37.8. The zero-order valence-electron chi connectivity index (χ0n) is 25.4. The van der Waals surface area contributed by atoms with E-state index in [0.29, 0.717) is 0 Å². The van der Waals surface area contributed by atoms with E-state index in [1.807, 2.05) is 0 Å². The summed E-state index contributed by atoms with van der Waals surface area (Å²) >= 11 is 0. The van der Waals surface area contributed by atoms with Crippen molar-refractivity contribution in [3.63, 3.8) is 0 Å². The van der Waals surface area contributed by atoms with Crippen LogP contribution in [0.25, 0.3) is 0 Å². The summed E-state index contributed by atoms with van der Waals surface area (Å²) in [7, 11) is 11.3. The second-order valence-electron chi connectivity index (χ2n) is 10.1. The molecule has 8 nitrogen and oxygen atoms in total. The Labute approximate surface area is 238 Å². The molecular formula is C24H60O8Si5. The number of hydrogen-bond acceptors (Lipinski definition) is 8. The van der Waals surface area contributed by atoms with Crippen LogP contribution in [0.5, 0.6) is 0 Å². The minimum absolute atomic E-state index is 0.0547. The van der Waals surface area contributed by atoms with E-state index in [1.165, 1.54) is 74.0 Å². The first-order valence-electron chi connectivity index (χ1n) is 14.2. The fourth-order valence-corrected chi connectivity index (χ4v) is 18.2. The first-order valence-corrected chi connectivity index (χ1v) is 24.3. The number of hydrogen-bond donors (Lipinski definition) is 0. The van der Waals surface area contributed by atoms with Gasteiger partial charge in [0.1, 0.15) is 23.7 Å². The van der Waals surface area contributed by atoms with Gasteiger partial charge in [-0.15, -0.1) is 0 Å². The Hall–Kier alpha value is 0.764. The molecule has 0 bridgehead atoms. The third-order valence-corrected chi connectivity index (χ3v) is 21.5. The Kier molecular flexibility index (Phi) is 26.2. The maximum absolute atomic E-state index is 5.49. The van der Waals surface area contributed by atoms with Crippen molar-refractivity contribution in [3.05, 3.63) is 0 Å². The van der Waals surface area contributed by atoms with Gasteiger partial charge in [-0.3, -0.25) is 0 Å². The highest BCUT2D eigenvalue weighted by atomic mass is 28.3. The summed E-state index contributed by atoms with van der Waals surface area (Å²) in [6.07, 6.45) is 5.35. The normalized spacial score (nSPS) is 15.2. The fraction of sp³-hybridized carbons (Fsp3) is 1.00. The van der Waals surface area contributed by atoms with Gasteiger partial charge in [0, 0.05) is 56.9 Å². The molecule has 224 valence electrons. The van der Waals surface area contributed by atoms with Crippen LogP contribution in [0, 0.1) is 0 Å². The summed E-state index contributed by atoms with van der Waals surface area (Å²) in [6, 6.07) is 11.0. The lowest BCUT2D eigenvalue weighted by Crippen LogP contribution is -2.35. The quantitative estimate of drug-likeness (QED) is 0.0747. The lowest BCUT2D eigenvalue weighted by Gasteiger charge is -2.33. The Morgan fingerprint density at radius 3 is 0.730 bits per heavy atom. The molecule has 0 aromatic rings. The molecule has 0 rings (SSSR count). The lowest BCUT2D eigenvalue weighted by atomic mass is 10.5. The largest absolute Gasteiger partial charge is 0.360 e. The minimum atomic E-state index is -1.40. The second kappa shape index (κ2) is 25.7. The van der Waals surface area contributed by atoms with Crippen molar-refractivity contribution in [2.45, 2.75) is 97.7 Å². The Morgan fingerprint density at radius 2 is 0.568 bits per heavy atom. The molecule has 0 unspecified atom stereocenters. The average Bonchev–Trinajstić information content (AvgIpc) is 2.93. The third-order valence-electron chi connectivity index (χ3n) is 7.69. The van der Waals surface area contributed by atoms with Crippen LogP contribution in [0.1, 0.15) is 25.7 Å². The minimum Gasteiger partial charge on any atom is -0.360 e. The Morgan fingerprint density at radius 1 is 0.378 bits per heavy atom. The zero-order chi connectivity index (χ0) is 27.8. The molecule has 13 heteroatoms. The van der Waals surface area contributed by atoms with Crippen molar-refractivity contribution in [1.29, 1.82) is 0 Å². The summed E-state index contributed by atoms with van der Waals surface area (Å²) in [6.45, 7) is 0. The molecular weight excluding hydrogens is 557 g/mol. The third kappa shape index (κ3) is 18.7. The fourth-order valence-electron chi connectivity index (χ4n) is 5.32. The summed E-state index contributed by atoms with van der Waals surface area (Å²) in [4.78, 5) is 0. The molecule has 0 radical (unpaired) electrons. The summed E-state index contributed by atoms with van der Waals surface area (Å²) in [5, 5.41) is 0. The van der Waals surface area contributed by atoms with Gasteiger partial charge in [-0.2, -0.15) is 0 Å². The van der Waals surface area contributed by atoms with Crippen molar-refractivity contribution < 1.29 is 37.9 Å². The lowest BCUT2D eigenvalue weighted by molar-refractivity contribution is -0.0442. The van der Waals surface area contributed by atoms with Gasteiger partial charge in [0.25, 0.3) is 0 Å². The summed E-state index contributed by atoms with van der Waals surface area (Å²) in [5.41, 5.74) is 0. The maximum atomic E-state index is 5.49. The van der Waals surface area contributed by atoms with Crippen LogP contribution in [-0.2, 0) is 37.9 Å². The number of rotatable bonds is 28. The summed E-state index contributed by atoms with van der Waals surface area (Å²) < 4.78 is 44.0. The van der Waals surface area contributed by atoms with E-state index in [1.54, 1.807) is 56.9 Å². The van der Waals surface area contributed by atoms with E-state index in [-0.39, 0.29) is 61.7 Å². The van der Waals surface area contributed by atoms with E-state index in [9.17, 15) is 0 Å². The van der Waals surface area contributed by atoms with E-state index >= 15 is 0 Å². The molecule has 0 fully saturated rings. The zero-order valence-corrected chi connectivity index (χ0v) is 32.0. The van der Waals surface area contributed by atoms with Crippen LogP contribution in [-0.4, -0.2) is 127 Å². The van der Waals surface area contributed by atoms with Crippen molar-refractivity contribution in [3.8, 4) is 0 Å². The van der Waals surface area contributed by atoms with Gasteiger partial charge in [0.2, 0.25) is 0 Å². The van der Waals surface area contributed by atoms with Crippen LogP contribution in [0.2, 0.25) is 48.4 Å². The first-order chi connectivity index (χ1) is 18.0. The van der Waals surface area contributed by atoms with Gasteiger partial charge < -0.3 is 37.9 Å². The van der Waals surface area contributed by atoms with Crippen LogP contribution in [0.3, 0.4) is 0 Å². The van der Waals surface area contributed by atoms with Gasteiger partial charge in [0.15, 0.2) is 0 Å². The molecule has 0 saturated carbocycles.